The molecule has 0 saturated carbocycles. The minimum absolute atomic E-state index is 0.0234. The Morgan fingerprint density at radius 1 is 1.20 bits per heavy atom. The van der Waals surface area contributed by atoms with E-state index in [2.05, 4.69) is 15.2 Å². The zero-order chi connectivity index (χ0) is 17.8. The average molecular weight is 345 g/mol. The summed E-state index contributed by atoms with van der Waals surface area (Å²) in [5, 5.41) is 2.95. The normalized spacial score (nSPS) is 21.4. The second kappa shape index (κ2) is 7.82. The highest BCUT2D eigenvalue weighted by Crippen LogP contribution is 2.18. The van der Waals surface area contributed by atoms with Gasteiger partial charge in [-0.3, -0.25) is 14.7 Å². The lowest BCUT2D eigenvalue weighted by atomic mass is 10.1. The summed E-state index contributed by atoms with van der Waals surface area (Å²) >= 11 is 0. The van der Waals surface area contributed by atoms with Crippen molar-refractivity contribution in [2.45, 2.75) is 32.4 Å². The van der Waals surface area contributed by atoms with Crippen molar-refractivity contribution in [3.63, 3.8) is 0 Å². The van der Waals surface area contributed by atoms with E-state index < -0.39 is 0 Å². The molecule has 0 radical (unpaired) electrons. The van der Waals surface area contributed by atoms with E-state index in [0.717, 1.165) is 30.6 Å². The van der Waals surface area contributed by atoms with Crippen LogP contribution in [0.15, 0.2) is 18.3 Å². The number of hydrogen-bond acceptors (Lipinski definition) is 4. The van der Waals surface area contributed by atoms with E-state index in [1.54, 1.807) is 11.1 Å². The van der Waals surface area contributed by atoms with Crippen molar-refractivity contribution >= 4 is 11.9 Å². The van der Waals surface area contributed by atoms with Crippen molar-refractivity contribution in [2.75, 3.05) is 39.8 Å². The van der Waals surface area contributed by atoms with E-state index >= 15 is 0 Å². The number of likely N-dealkylation sites (tertiary alicyclic amines) is 1. The number of likely N-dealkylation sites (N-methyl/N-ethyl adjacent to an activating group) is 1. The monoisotopic (exact) mass is 345 g/mol. The highest BCUT2D eigenvalue weighted by molar-refractivity contribution is 5.82. The van der Waals surface area contributed by atoms with Crippen LogP contribution >= 0.6 is 0 Å². The number of nitrogens with zero attached hydrogens (tertiary/aromatic N) is 4. The molecule has 0 aromatic carbocycles. The van der Waals surface area contributed by atoms with Crippen molar-refractivity contribution in [1.82, 2.24) is 25.0 Å². The molecular weight excluding hydrogens is 318 g/mol. The number of nitrogens with one attached hydrogen (secondary N) is 1. The highest BCUT2D eigenvalue weighted by atomic mass is 16.2. The van der Waals surface area contributed by atoms with Crippen molar-refractivity contribution < 1.29 is 9.59 Å². The molecule has 7 heteroatoms. The van der Waals surface area contributed by atoms with Gasteiger partial charge in [0.05, 0.1) is 6.04 Å². The Kier molecular flexibility index (Phi) is 5.53. The third-order valence-corrected chi connectivity index (χ3v) is 5.09. The molecule has 1 aromatic rings. The molecule has 2 fully saturated rings. The second-order valence-corrected chi connectivity index (χ2v) is 6.92. The zero-order valence-electron chi connectivity index (χ0n) is 15.1. The molecule has 3 rings (SSSR count). The van der Waals surface area contributed by atoms with Gasteiger partial charge in [0.1, 0.15) is 0 Å². The van der Waals surface area contributed by atoms with E-state index in [9.17, 15) is 9.59 Å². The Morgan fingerprint density at radius 3 is 2.56 bits per heavy atom. The molecule has 2 aliphatic rings. The molecule has 3 heterocycles. The van der Waals surface area contributed by atoms with Gasteiger partial charge in [0.15, 0.2) is 0 Å². The Balaban J connectivity index is 1.45. The van der Waals surface area contributed by atoms with E-state index in [4.69, 9.17) is 0 Å². The van der Waals surface area contributed by atoms with Gasteiger partial charge in [-0.25, -0.2) is 4.79 Å². The number of amides is 3. The van der Waals surface area contributed by atoms with Crippen LogP contribution < -0.4 is 5.32 Å². The molecule has 1 aromatic heterocycles. The topological polar surface area (TPSA) is 68.8 Å². The number of urea groups is 1. The fourth-order valence-corrected chi connectivity index (χ4v) is 3.57. The van der Waals surface area contributed by atoms with Crippen LogP contribution in [-0.4, -0.2) is 77.4 Å². The summed E-state index contributed by atoms with van der Waals surface area (Å²) in [6.45, 7) is 5.83. The van der Waals surface area contributed by atoms with Crippen LogP contribution in [0.4, 0.5) is 4.79 Å². The predicted octanol–water partition coefficient (Wildman–Crippen LogP) is 0.838. The summed E-state index contributed by atoms with van der Waals surface area (Å²) in [6, 6.07) is 3.83. The maximum Gasteiger partial charge on any atom is 0.317 e. The predicted molar refractivity (Wildman–Crippen MR) is 95.0 cm³/mol. The van der Waals surface area contributed by atoms with Crippen LogP contribution in [-0.2, 0) is 11.3 Å². The summed E-state index contributed by atoms with van der Waals surface area (Å²) in [4.78, 5) is 34.9. The summed E-state index contributed by atoms with van der Waals surface area (Å²) < 4.78 is 0. The molecule has 0 aliphatic carbocycles. The lowest BCUT2D eigenvalue weighted by Gasteiger charge is -2.36. The van der Waals surface area contributed by atoms with Crippen molar-refractivity contribution in [3.8, 4) is 0 Å². The van der Waals surface area contributed by atoms with Gasteiger partial charge in [0.2, 0.25) is 5.91 Å². The van der Waals surface area contributed by atoms with Gasteiger partial charge in [-0.15, -0.1) is 0 Å². The second-order valence-electron chi connectivity index (χ2n) is 6.92. The van der Waals surface area contributed by atoms with Crippen LogP contribution in [0, 0.1) is 6.92 Å². The first kappa shape index (κ1) is 17.7. The number of piperazine rings is 1. The molecule has 2 saturated heterocycles. The first-order chi connectivity index (χ1) is 12.0. The van der Waals surface area contributed by atoms with Crippen molar-refractivity contribution in [3.05, 3.63) is 29.6 Å². The Labute approximate surface area is 149 Å². The van der Waals surface area contributed by atoms with Gasteiger partial charge in [-0.05, 0) is 51.1 Å². The van der Waals surface area contributed by atoms with Crippen molar-refractivity contribution in [1.29, 1.82) is 0 Å². The third kappa shape index (κ3) is 4.28. The molecule has 1 atom stereocenters. The fraction of sp³-hybridized carbons (Fsp3) is 0.611. The molecule has 1 unspecified atom stereocenters. The molecule has 136 valence electrons. The number of hydrogen-bond donors (Lipinski definition) is 1. The van der Waals surface area contributed by atoms with Crippen LogP contribution in [0.3, 0.4) is 0 Å². The first-order valence-electron chi connectivity index (χ1n) is 8.98. The largest absolute Gasteiger partial charge is 0.338 e. The van der Waals surface area contributed by atoms with Crippen LogP contribution in [0.5, 0.6) is 0 Å². The number of pyridine rings is 1. The summed E-state index contributed by atoms with van der Waals surface area (Å²) in [7, 11) is 2.01. The third-order valence-electron chi connectivity index (χ3n) is 5.09. The smallest absolute Gasteiger partial charge is 0.317 e. The highest BCUT2D eigenvalue weighted by Gasteiger charge is 2.33. The molecule has 1 N–H and O–H groups in total. The Morgan fingerprint density at radius 2 is 1.92 bits per heavy atom. The Bertz CT molecular complexity index is 628. The maximum atomic E-state index is 12.6. The molecule has 0 bridgehead atoms. The standard InChI is InChI=1S/C18H27N5O2/c1-14-12-15(5-6-19-14)13-20-18(25)23-10-8-22(9-11-23)17(24)16-4-3-7-21(16)2/h5-6,12,16H,3-4,7-11,13H2,1-2H3,(H,20,25). The quantitative estimate of drug-likeness (QED) is 0.881. The van der Waals surface area contributed by atoms with Gasteiger partial charge in [0.25, 0.3) is 0 Å². The van der Waals surface area contributed by atoms with E-state index in [0.29, 0.717) is 32.7 Å². The maximum absolute atomic E-state index is 12.6. The van der Waals surface area contributed by atoms with E-state index in [1.165, 1.54) is 0 Å². The number of carbonyl (C=O) groups excluding carboxylic acids is 2. The summed E-state index contributed by atoms with van der Waals surface area (Å²) in [5.74, 6) is 0.215. The van der Waals surface area contributed by atoms with Gasteiger partial charge in [-0.2, -0.15) is 0 Å². The molecule has 25 heavy (non-hydrogen) atoms. The number of rotatable bonds is 3. The summed E-state index contributed by atoms with van der Waals surface area (Å²) in [5.41, 5.74) is 1.98. The van der Waals surface area contributed by atoms with Crippen LogP contribution in [0.1, 0.15) is 24.1 Å². The molecule has 3 amide bonds. The molecular formula is C18H27N5O2. The van der Waals surface area contributed by atoms with E-state index in [-0.39, 0.29) is 18.0 Å². The van der Waals surface area contributed by atoms with Gasteiger partial charge >= 0.3 is 6.03 Å². The number of aryl methyl sites for hydroxylation is 1. The lowest BCUT2D eigenvalue weighted by molar-refractivity contribution is -0.137. The van der Waals surface area contributed by atoms with Crippen LogP contribution in [0.2, 0.25) is 0 Å². The van der Waals surface area contributed by atoms with Gasteiger partial charge in [-0.1, -0.05) is 0 Å². The van der Waals surface area contributed by atoms with Crippen LogP contribution in [0.25, 0.3) is 0 Å². The average Bonchev–Trinajstić information content (AvgIpc) is 3.05. The number of carbonyl (C=O) groups is 2. The zero-order valence-corrected chi connectivity index (χ0v) is 15.1. The molecule has 0 spiro atoms. The van der Waals surface area contributed by atoms with Crippen molar-refractivity contribution in [2.24, 2.45) is 0 Å². The number of aromatic nitrogens is 1. The fourth-order valence-electron chi connectivity index (χ4n) is 3.57. The van der Waals surface area contributed by atoms with Gasteiger partial charge < -0.3 is 15.1 Å². The van der Waals surface area contributed by atoms with E-state index in [1.807, 2.05) is 31.0 Å². The minimum Gasteiger partial charge on any atom is -0.338 e. The lowest BCUT2D eigenvalue weighted by Crippen LogP contribution is -2.55. The Hall–Kier alpha value is -2.15. The summed E-state index contributed by atoms with van der Waals surface area (Å²) in [6.07, 6.45) is 3.78. The minimum atomic E-state index is -0.0699. The van der Waals surface area contributed by atoms with Gasteiger partial charge in [0, 0.05) is 44.6 Å². The molecule has 7 nitrogen and oxygen atoms in total. The first-order valence-corrected chi connectivity index (χ1v) is 8.98. The molecule has 2 aliphatic heterocycles. The SMILES string of the molecule is Cc1cc(CNC(=O)N2CCN(C(=O)C3CCCN3C)CC2)ccn1.